The fourth-order valence-corrected chi connectivity index (χ4v) is 4.90. The Labute approximate surface area is 183 Å². The molecule has 0 spiro atoms. The summed E-state index contributed by atoms with van der Waals surface area (Å²) in [6.07, 6.45) is -0.471. The number of rotatable bonds is 6. The van der Waals surface area contributed by atoms with Gasteiger partial charge in [-0.25, -0.2) is 9.50 Å². The molecule has 1 fully saturated rings. The molecule has 2 aromatic heterocycles. The Kier molecular flexibility index (Phi) is 6.43. The van der Waals surface area contributed by atoms with Gasteiger partial charge in [-0.3, -0.25) is 0 Å². The Morgan fingerprint density at radius 3 is 2.68 bits per heavy atom. The summed E-state index contributed by atoms with van der Waals surface area (Å²) in [7, 11) is 0. The van der Waals surface area contributed by atoms with Gasteiger partial charge in [0.2, 0.25) is 0 Å². The fourth-order valence-electron chi connectivity index (χ4n) is 3.77. The number of fused-ring (bicyclic) bond motifs is 1. The number of alkyl halides is 3. The second-order valence-corrected chi connectivity index (χ2v) is 9.37. The molecule has 166 valence electrons. The summed E-state index contributed by atoms with van der Waals surface area (Å²) in [5.74, 6) is 0.223. The van der Waals surface area contributed by atoms with Gasteiger partial charge in [0.25, 0.3) is 0 Å². The van der Waals surface area contributed by atoms with Crippen molar-refractivity contribution in [2.24, 2.45) is 0 Å². The summed E-state index contributed by atoms with van der Waals surface area (Å²) in [5, 5.41) is 12.7. The Morgan fingerprint density at radius 2 is 1.97 bits per heavy atom. The minimum absolute atomic E-state index is 0.0523. The highest BCUT2D eigenvalue weighted by Crippen LogP contribution is 2.34. The summed E-state index contributed by atoms with van der Waals surface area (Å²) >= 11 is 1.73. The van der Waals surface area contributed by atoms with E-state index in [4.69, 9.17) is 5.10 Å². The smallest absolute Gasteiger partial charge is 0.378 e. The highest BCUT2D eigenvalue weighted by molar-refractivity contribution is 7.99. The molecule has 1 saturated heterocycles. The predicted molar refractivity (Wildman–Crippen MR) is 118 cm³/mol. The maximum Gasteiger partial charge on any atom is 0.416 e. The maximum absolute atomic E-state index is 13.4. The van der Waals surface area contributed by atoms with Crippen LogP contribution >= 0.6 is 11.8 Å². The minimum Gasteiger partial charge on any atom is -0.378 e. The van der Waals surface area contributed by atoms with Crippen LogP contribution in [0.1, 0.15) is 49.4 Å². The highest BCUT2D eigenvalue weighted by atomic mass is 32.2. The van der Waals surface area contributed by atoms with Crippen molar-refractivity contribution in [1.29, 1.82) is 0 Å². The number of benzene rings is 1. The predicted octanol–water partition coefficient (Wildman–Crippen LogP) is 5.33. The number of hydrogen-bond donors (Lipinski definition) is 2. The van der Waals surface area contributed by atoms with E-state index in [2.05, 4.69) is 29.5 Å². The molecule has 0 atom stereocenters. The third-order valence-electron chi connectivity index (χ3n) is 5.43. The van der Waals surface area contributed by atoms with E-state index in [1.807, 2.05) is 10.6 Å². The molecule has 4 rings (SSSR count). The molecule has 2 N–H and O–H groups in total. The van der Waals surface area contributed by atoms with E-state index in [0.29, 0.717) is 16.6 Å². The molecule has 0 radical (unpaired) electrons. The number of hydrogen-bond acceptors (Lipinski definition) is 5. The monoisotopic (exact) mass is 449 g/mol. The van der Waals surface area contributed by atoms with E-state index in [0.717, 1.165) is 42.7 Å². The Bertz CT molecular complexity index is 1040. The van der Waals surface area contributed by atoms with Crippen molar-refractivity contribution >= 4 is 23.1 Å². The maximum atomic E-state index is 13.4. The SMILES string of the molecule is CC(C)c1cnc2c(NCc3ccccc3C(F)(F)F)cc(SC3CCNCC3)nn12. The second-order valence-electron chi connectivity index (χ2n) is 8.05. The van der Waals surface area contributed by atoms with E-state index >= 15 is 0 Å². The van der Waals surface area contributed by atoms with Crippen LogP contribution in [-0.2, 0) is 12.7 Å². The molecule has 5 nitrogen and oxygen atoms in total. The molecular formula is C22H26F3N5S. The number of aromatic nitrogens is 3. The largest absolute Gasteiger partial charge is 0.416 e. The van der Waals surface area contributed by atoms with E-state index in [-0.39, 0.29) is 18.0 Å². The van der Waals surface area contributed by atoms with Gasteiger partial charge in [-0.05, 0) is 49.5 Å². The van der Waals surface area contributed by atoms with Gasteiger partial charge >= 0.3 is 6.18 Å². The fraction of sp³-hybridized carbons (Fsp3) is 0.455. The summed E-state index contributed by atoms with van der Waals surface area (Å²) in [5.41, 5.74) is 1.87. The van der Waals surface area contributed by atoms with Gasteiger partial charge in [0.15, 0.2) is 5.65 Å². The van der Waals surface area contributed by atoms with Crippen LogP contribution in [0.4, 0.5) is 18.9 Å². The first-order valence-corrected chi connectivity index (χ1v) is 11.4. The van der Waals surface area contributed by atoms with Gasteiger partial charge in [0.05, 0.1) is 23.1 Å². The summed E-state index contributed by atoms with van der Waals surface area (Å²) in [6, 6.07) is 7.57. The number of nitrogens with zero attached hydrogens (tertiary/aromatic N) is 3. The molecule has 0 saturated carbocycles. The zero-order valence-electron chi connectivity index (χ0n) is 17.5. The number of nitrogens with one attached hydrogen (secondary N) is 2. The lowest BCUT2D eigenvalue weighted by molar-refractivity contribution is -0.138. The number of halogens is 3. The molecule has 3 heterocycles. The van der Waals surface area contributed by atoms with Crippen molar-refractivity contribution < 1.29 is 13.2 Å². The van der Waals surface area contributed by atoms with Crippen molar-refractivity contribution in [3.63, 3.8) is 0 Å². The van der Waals surface area contributed by atoms with E-state index in [1.165, 1.54) is 12.1 Å². The molecule has 1 aliphatic rings. The molecule has 1 aliphatic heterocycles. The standard InChI is InChI=1S/C22H26F3N5S/c1-14(2)19-13-28-21-18(27-12-15-5-3-4-6-17(15)22(23,24)25)11-20(29-30(19)21)31-16-7-9-26-10-8-16/h3-6,11,13-14,16,26-27H,7-10,12H2,1-2H3. The lowest BCUT2D eigenvalue weighted by Crippen LogP contribution is -2.29. The van der Waals surface area contributed by atoms with Crippen LogP contribution in [0.5, 0.6) is 0 Å². The van der Waals surface area contributed by atoms with Crippen molar-refractivity contribution in [2.45, 2.75) is 55.6 Å². The summed E-state index contributed by atoms with van der Waals surface area (Å²) < 4.78 is 42.0. The zero-order chi connectivity index (χ0) is 22.0. The van der Waals surface area contributed by atoms with Crippen molar-refractivity contribution in [3.8, 4) is 0 Å². The Hall–Kier alpha value is -2.26. The zero-order valence-corrected chi connectivity index (χ0v) is 18.4. The van der Waals surface area contributed by atoms with Crippen LogP contribution in [0.3, 0.4) is 0 Å². The third-order valence-corrected chi connectivity index (χ3v) is 6.67. The molecule has 9 heteroatoms. The third kappa shape index (κ3) is 4.98. The lowest BCUT2D eigenvalue weighted by atomic mass is 10.1. The van der Waals surface area contributed by atoms with Gasteiger partial charge in [-0.1, -0.05) is 32.0 Å². The topological polar surface area (TPSA) is 54.2 Å². The second kappa shape index (κ2) is 9.08. The van der Waals surface area contributed by atoms with Crippen LogP contribution in [-0.4, -0.2) is 32.9 Å². The normalized spacial score (nSPS) is 15.7. The van der Waals surface area contributed by atoms with Gasteiger partial charge in [-0.15, -0.1) is 11.8 Å². The molecular weight excluding hydrogens is 423 g/mol. The molecule has 31 heavy (non-hydrogen) atoms. The average Bonchev–Trinajstić information content (AvgIpc) is 3.17. The molecule has 0 aliphatic carbocycles. The Balaban J connectivity index is 1.66. The molecule has 0 bridgehead atoms. The van der Waals surface area contributed by atoms with Gasteiger partial charge in [0, 0.05) is 11.8 Å². The Morgan fingerprint density at radius 1 is 1.23 bits per heavy atom. The number of thioether (sulfide) groups is 1. The van der Waals surface area contributed by atoms with E-state index < -0.39 is 11.7 Å². The quantitative estimate of drug-likeness (QED) is 0.533. The minimum atomic E-state index is -4.39. The van der Waals surface area contributed by atoms with Crippen molar-refractivity contribution in [1.82, 2.24) is 19.9 Å². The summed E-state index contributed by atoms with van der Waals surface area (Å²) in [4.78, 5) is 4.51. The van der Waals surface area contributed by atoms with Gasteiger partial charge in [0.1, 0.15) is 5.03 Å². The van der Waals surface area contributed by atoms with Crippen molar-refractivity contribution in [3.05, 3.63) is 53.3 Å². The van der Waals surface area contributed by atoms with Crippen LogP contribution < -0.4 is 10.6 Å². The summed E-state index contributed by atoms with van der Waals surface area (Å²) in [6.45, 7) is 6.18. The molecule has 0 unspecified atom stereocenters. The van der Waals surface area contributed by atoms with Crippen LogP contribution in [0, 0.1) is 0 Å². The molecule has 3 aromatic rings. The van der Waals surface area contributed by atoms with Gasteiger partial charge < -0.3 is 10.6 Å². The first kappa shape index (κ1) is 22.0. The number of anilines is 1. The van der Waals surface area contributed by atoms with E-state index in [1.54, 1.807) is 24.0 Å². The number of piperidine rings is 1. The van der Waals surface area contributed by atoms with Crippen molar-refractivity contribution in [2.75, 3.05) is 18.4 Å². The van der Waals surface area contributed by atoms with Gasteiger partial charge in [-0.2, -0.15) is 18.3 Å². The highest BCUT2D eigenvalue weighted by Gasteiger charge is 2.32. The van der Waals surface area contributed by atoms with Crippen LogP contribution in [0.25, 0.3) is 5.65 Å². The molecule has 1 aromatic carbocycles. The number of imidazole rings is 1. The van der Waals surface area contributed by atoms with Crippen LogP contribution in [0.2, 0.25) is 0 Å². The lowest BCUT2D eigenvalue weighted by Gasteiger charge is -2.22. The average molecular weight is 450 g/mol. The van der Waals surface area contributed by atoms with E-state index in [9.17, 15) is 13.2 Å². The first-order chi connectivity index (χ1) is 14.8. The first-order valence-electron chi connectivity index (χ1n) is 10.5. The molecule has 0 amide bonds. The van der Waals surface area contributed by atoms with Crippen LogP contribution in [0.15, 0.2) is 41.6 Å².